The van der Waals surface area contributed by atoms with Crippen LogP contribution in [0.1, 0.15) is 16.7 Å². The molecule has 158 valence electrons. The lowest BCUT2D eigenvalue weighted by Gasteiger charge is -2.13. The van der Waals surface area contributed by atoms with Crippen molar-refractivity contribution in [1.29, 1.82) is 0 Å². The fourth-order valence-corrected chi connectivity index (χ4v) is 2.48. The standard InChI is InChI=1S/C20H22F5N3O/c1-26-19(27-9-8-16-6-7-17(21)10-18(16)22)28-11-14-2-4-15(5-3-14)12-29-13-20(23,24)25/h2-7,10H,8-9,11-13H2,1H3,(H2,26,27,28). The Morgan fingerprint density at radius 1 is 1.00 bits per heavy atom. The Balaban J connectivity index is 1.74. The molecule has 0 atom stereocenters. The predicted molar refractivity (Wildman–Crippen MR) is 100 cm³/mol. The molecule has 0 aliphatic rings. The molecule has 0 fully saturated rings. The van der Waals surface area contributed by atoms with Gasteiger partial charge in [-0.15, -0.1) is 0 Å². The minimum atomic E-state index is -4.34. The highest BCUT2D eigenvalue weighted by atomic mass is 19.4. The first-order valence-electron chi connectivity index (χ1n) is 8.87. The lowest BCUT2D eigenvalue weighted by Crippen LogP contribution is -2.37. The largest absolute Gasteiger partial charge is 0.411 e. The molecule has 0 aliphatic carbocycles. The van der Waals surface area contributed by atoms with Crippen LogP contribution < -0.4 is 10.6 Å². The van der Waals surface area contributed by atoms with E-state index in [4.69, 9.17) is 0 Å². The number of nitrogens with one attached hydrogen (secondary N) is 2. The van der Waals surface area contributed by atoms with Gasteiger partial charge in [-0.05, 0) is 29.2 Å². The molecule has 2 aromatic carbocycles. The summed E-state index contributed by atoms with van der Waals surface area (Å²) in [5.74, 6) is -0.700. The van der Waals surface area contributed by atoms with Gasteiger partial charge in [-0.25, -0.2) is 8.78 Å². The van der Waals surface area contributed by atoms with E-state index in [1.807, 2.05) is 0 Å². The van der Waals surface area contributed by atoms with Crippen molar-refractivity contribution in [3.63, 3.8) is 0 Å². The van der Waals surface area contributed by atoms with Crippen LogP contribution >= 0.6 is 0 Å². The van der Waals surface area contributed by atoms with Gasteiger partial charge in [0.05, 0.1) is 6.61 Å². The molecule has 0 heterocycles. The van der Waals surface area contributed by atoms with Crippen LogP contribution in [-0.2, 0) is 24.3 Å². The highest BCUT2D eigenvalue weighted by molar-refractivity contribution is 5.79. The topological polar surface area (TPSA) is 45.7 Å². The highest BCUT2D eigenvalue weighted by Crippen LogP contribution is 2.16. The maximum absolute atomic E-state index is 13.6. The third kappa shape index (κ3) is 8.47. The number of halogens is 5. The van der Waals surface area contributed by atoms with Crippen LogP contribution in [0.25, 0.3) is 0 Å². The third-order valence-corrected chi connectivity index (χ3v) is 3.94. The van der Waals surface area contributed by atoms with E-state index in [0.717, 1.165) is 11.6 Å². The molecule has 0 amide bonds. The number of hydrogen-bond donors (Lipinski definition) is 2. The number of benzene rings is 2. The van der Waals surface area contributed by atoms with Crippen molar-refractivity contribution in [2.45, 2.75) is 25.7 Å². The molecule has 0 spiro atoms. The van der Waals surface area contributed by atoms with Crippen molar-refractivity contribution in [3.05, 3.63) is 70.8 Å². The first-order valence-corrected chi connectivity index (χ1v) is 8.87. The van der Waals surface area contributed by atoms with Crippen molar-refractivity contribution < 1.29 is 26.7 Å². The Morgan fingerprint density at radius 2 is 1.69 bits per heavy atom. The molecule has 0 aromatic heterocycles. The maximum atomic E-state index is 13.6. The second-order valence-corrected chi connectivity index (χ2v) is 6.26. The third-order valence-electron chi connectivity index (χ3n) is 3.94. The fourth-order valence-electron chi connectivity index (χ4n) is 2.48. The van der Waals surface area contributed by atoms with Gasteiger partial charge in [-0.3, -0.25) is 4.99 Å². The van der Waals surface area contributed by atoms with E-state index >= 15 is 0 Å². The Kier molecular flexibility index (Phi) is 8.38. The van der Waals surface area contributed by atoms with Crippen LogP contribution in [-0.4, -0.2) is 32.3 Å². The van der Waals surface area contributed by atoms with Crippen LogP contribution in [0.5, 0.6) is 0 Å². The molecule has 29 heavy (non-hydrogen) atoms. The normalized spacial score (nSPS) is 12.1. The molecule has 0 unspecified atom stereocenters. The summed E-state index contributed by atoms with van der Waals surface area (Å²) in [6.45, 7) is -0.553. The Hall–Kier alpha value is -2.68. The van der Waals surface area contributed by atoms with Gasteiger partial charge >= 0.3 is 6.18 Å². The van der Waals surface area contributed by atoms with Crippen LogP contribution in [0.4, 0.5) is 22.0 Å². The van der Waals surface area contributed by atoms with Crippen molar-refractivity contribution in [2.75, 3.05) is 20.2 Å². The number of guanidine groups is 1. The molecule has 2 N–H and O–H groups in total. The molecule has 0 radical (unpaired) electrons. The van der Waals surface area contributed by atoms with E-state index in [-0.39, 0.29) is 6.61 Å². The van der Waals surface area contributed by atoms with Gasteiger partial charge in [0.25, 0.3) is 0 Å². The zero-order valence-corrected chi connectivity index (χ0v) is 15.8. The van der Waals surface area contributed by atoms with E-state index in [1.165, 1.54) is 12.1 Å². The van der Waals surface area contributed by atoms with Crippen LogP contribution in [0.3, 0.4) is 0 Å². The quantitative estimate of drug-likeness (QED) is 0.390. The van der Waals surface area contributed by atoms with Crippen LogP contribution in [0, 0.1) is 11.6 Å². The van der Waals surface area contributed by atoms with E-state index < -0.39 is 24.4 Å². The van der Waals surface area contributed by atoms with E-state index in [9.17, 15) is 22.0 Å². The number of alkyl halides is 3. The molecule has 0 saturated carbocycles. The average Bonchev–Trinajstić information content (AvgIpc) is 2.66. The molecule has 2 aromatic rings. The molecule has 0 bridgehead atoms. The molecule has 0 aliphatic heterocycles. The van der Waals surface area contributed by atoms with Crippen LogP contribution in [0.15, 0.2) is 47.5 Å². The lowest BCUT2D eigenvalue weighted by atomic mass is 10.1. The van der Waals surface area contributed by atoms with Gasteiger partial charge in [-0.1, -0.05) is 30.3 Å². The number of ether oxygens (including phenoxy) is 1. The summed E-state index contributed by atoms with van der Waals surface area (Å²) >= 11 is 0. The lowest BCUT2D eigenvalue weighted by molar-refractivity contribution is -0.176. The Labute approximate surface area is 165 Å². The second kappa shape index (κ2) is 10.8. The Bertz CT molecular complexity index is 807. The minimum absolute atomic E-state index is 0.115. The SMILES string of the molecule is CN=C(NCCc1ccc(F)cc1F)NCc1ccc(COCC(F)(F)F)cc1. The van der Waals surface area contributed by atoms with Gasteiger partial charge < -0.3 is 15.4 Å². The number of nitrogens with zero attached hydrogens (tertiary/aromatic N) is 1. The minimum Gasteiger partial charge on any atom is -0.367 e. The first-order chi connectivity index (χ1) is 13.8. The van der Waals surface area contributed by atoms with Crippen molar-refractivity contribution in [1.82, 2.24) is 10.6 Å². The van der Waals surface area contributed by atoms with E-state index in [2.05, 4.69) is 20.4 Å². The summed E-state index contributed by atoms with van der Waals surface area (Å²) in [4.78, 5) is 4.07. The van der Waals surface area contributed by atoms with Crippen LogP contribution in [0.2, 0.25) is 0 Å². The summed E-state index contributed by atoms with van der Waals surface area (Å²) in [6, 6.07) is 10.4. The first kappa shape index (κ1) is 22.6. The molecule has 9 heteroatoms. The van der Waals surface area contributed by atoms with Gasteiger partial charge in [-0.2, -0.15) is 13.2 Å². The molecular formula is C20H22F5N3O. The molecule has 2 rings (SSSR count). The predicted octanol–water partition coefficient (Wildman–Crippen LogP) is 3.95. The van der Waals surface area contributed by atoms with Gasteiger partial charge in [0.1, 0.15) is 18.2 Å². The molecule has 0 saturated heterocycles. The summed E-state index contributed by atoms with van der Waals surface area (Å²) in [5.41, 5.74) is 1.94. The molecule has 4 nitrogen and oxygen atoms in total. The second-order valence-electron chi connectivity index (χ2n) is 6.26. The van der Waals surface area contributed by atoms with Gasteiger partial charge in [0.15, 0.2) is 5.96 Å². The highest BCUT2D eigenvalue weighted by Gasteiger charge is 2.27. The van der Waals surface area contributed by atoms with Gasteiger partial charge in [0, 0.05) is 26.2 Å². The Morgan fingerprint density at radius 3 is 2.31 bits per heavy atom. The summed E-state index contributed by atoms with van der Waals surface area (Å²) in [7, 11) is 1.59. The summed E-state index contributed by atoms with van der Waals surface area (Å²) in [5, 5.41) is 6.12. The number of rotatable bonds is 8. The summed E-state index contributed by atoms with van der Waals surface area (Å²) < 4.78 is 67.4. The molecular weight excluding hydrogens is 393 g/mol. The average molecular weight is 415 g/mol. The van der Waals surface area contributed by atoms with Crippen molar-refractivity contribution in [3.8, 4) is 0 Å². The summed E-state index contributed by atoms with van der Waals surface area (Å²) in [6.07, 6.45) is -3.98. The van der Waals surface area contributed by atoms with E-state index in [0.29, 0.717) is 36.6 Å². The number of aliphatic imine (C=N–C) groups is 1. The van der Waals surface area contributed by atoms with Gasteiger partial charge in [0.2, 0.25) is 0 Å². The number of hydrogen-bond acceptors (Lipinski definition) is 2. The van der Waals surface area contributed by atoms with E-state index in [1.54, 1.807) is 31.3 Å². The smallest absolute Gasteiger partial charge is 0.367 e. The maximum Gasteiger partial charge on any atom is 0.411 e. The fraction of sp³-hybridized carbons (Fsp3) is 0.350. The van der Waals surface area contributed by atoms with Crippen molar-refractivity contribution >= 4 is 5.96 Å². The van der Waals surface area contributed by atoms with Crippen molar-refractivity contribution in [2.24, 2.45) is 4.99 Å². The monoisotopic (exact) mass is 415 g/mol. The zero-order chi connectivity index (χ0) is 21.3. The zero-order valence-electron chi connectivity index (χ0n) is 15.8.